The summed E-state index contributed by atoms with van der Waals surface area (Å²) in [5.74, 6) is 0.226. The fraction of sp³-hybridized carbons (Fsp3) is 0.472. The molecule has 376 valence electrons. The summed E-state index contributed by atoms with van der Waals surface area (Å²) < 4.78 is 48.5. The van der Waals surface area contributed by atoms with Crippen molar-refractivity contribution < 1.29 is 36.0 Å². The number of rotatable bonds is 15. The third-order valence-electron chi connectivity index (χ3n) is 14.1. The first-order chi connectivity index (χ1) is 33.3. The number of carbonyl (C=O) groups is 4. The zero-order valence-electron chi connectivity index (χ0n) is 41.0. The molecule has 0 radical (unpaired) electrons. The van der Waals surface area contributed by atoms with Gasteiger partial charge in [0.1, 0.15) is 0 Å². The van der Waals surface area contributed by atoms with Crippen LogP contribution in [0.5, 0.6) is 0 Å². The molecule has 2 aliphatic heterocycles. The van der Waals surface area contributed by atoms with Gasteiger partial charge in [-0.25, -0.2) is 16.8 Å². The van der Waals surface area contributed by atoms with Gasteiger partial charge in [0, 0.05) is 49.4 Å². The second-order valence-electron chi connectivity index (χ2n) is 19.8. The summed E-state index contributed by atoms with van der Waals surface area (Å²) in [6.45, 7) is 9.36. The molecule has 0 spiro atoms. The number of carbonyl (C=O) groups excluding carboxylic acids is 4. The SMILES string of the molecule is Cc1ccc(C2CCC(N3CC(NC(=O)CNC(=O)c4cccc(C)c4)C3)CC2)cc1.Cc1cccc(C(=O)NCC(=O)NC2CN(C3CCC(c4ccc(N(S(C)(=O)=O)S(C)(=O)=O)cc4)CC3)C2)c1. The number of nitrogens with one attached hydrogen (secondary N) is 4. The maximum atomic E-state index is 12.3. The van der Waals surface area contributed by atoms with E-state index in [-0.39, 0.29) is 54.5 Å². The minimum absolute atomic E-state index is 0.0188. The second-order valence-corrected chi connectivity index (χ2v) is 23.7. The van der Waals surface area contributed by atoms with Crippen LogP contribution in [-0.4, -0.2) is 126 Å². The van der Waals surface area contributed by atoms with Crippen LogP contribution in [-0.2, 0) is 29.6 Å². The van der Waals surface area contributed by atoms with Crippen LogP contribution in [0.4, 0.5) is 5.69 Å². The Morgan fingerprint density at radius 2 is 0.886 bits per heavy atom. The minimum Gasteiger partial charge on any atom is -0.349 e. The highest BCUT2D eigenvalue weighted by Crippen LogP contribution is 2.38. The molecule has 70 heavy (non-hydrogen) atoms. The number of likely N-dealkylation sites (tertiary alicyclic amines) is 2. The third kappa shape index (κ3) is 14.3. The zero-order chi connectivity index (χ0) is 50.2. The summed E-state index contributed by atoms with van der Waals surface area (Å²) in [6.07, 6.45) is 10.7. The first-order valence-electron chi connectivity index (χ1n) is 24.4. The Hall–Kier alpha value is -5.62. The van der Waals surface area contributed by atoms with Crippen molar-refractivity contribution in [3.8, 4) is 0 Å². The Balaban J connectivity index is 0.000000212. The Morgan fingerprint density at radius 3 is 1.24 bits per heavy atom. The fourth-order valence-electron chi connectivity index (χ4n) is 10.3. The molecule has 8 rings (SSSR count). The van der Waals surface area contributed by atoms with Crippen LogP contribution in [0.3, 0.4) is 0 Å². The van der Waals surface area contributed by atoms with E-state index in [0.717, 1.165) is 81.1 Å². The highest BCUT2D eigenvalue weighted by Gasteiger charge is 2.37. The predicted octanol–water partition coefficient (Wildman–Crippen LogP) is 5.54. The molecule has 0 atom stereocenters. The van der Waals surface area contributed by atoms with E-state index in [2.05, 4.69) is 62.3 Å². The molecular formula is C53H69N7O8S2. The number of hydrogen-bond acceptors (Lipinski definition) is 10. The van der Waals surface area contributed by atoms with Gasteiger partial charge < -0.3 is 21.3 Å². The number of nitrogens with zero attached hydrogens (tertiary/aromatic N) is 3. The maximum Gasteiger partial charge on any atom is 0.251 e. The van der Waals surface area contributed by atoms with E-state index >= 15 is 0 Å². The van der Waals surface area contributed by atoms with Crippen molar-refractivity contribution in [1.29, 1.82) is 0 Å². The third-order valence-corrected chi connectivity index (χ3v) is 17.3. The van der Waals surface area contributed by atoms with E-state index in [9.17, 15) is 36.0 Å². The molecule has 2 saturated heterocycles. The molecule has 4 N–H and O–H groups in total. The zero-order valence-corrected chi connectivity index (χ0v) is 42.7. The lowest BCUT2D eigenvalue weighted by Crippen LogP contribution is -2.63. The quantitative estimate of drug-likeness (QED) is 0.118. The first kappa shape index (κ1) is 52.2. The second kappa shape index (κ2) is 23.1. The molecule has 15 nitrogen and oxygen atoms in total. The van der Waals surface area contributed by atoms with Gasteiger partial charge in [0.25, 0.3) is 11.8 Å². The number of benzene rings is 4. The van der Waals surface area contributed by atoms with Crippen LogP contribution in [0.25, 0.3) is 0 Å². The summed E-state index contributed by atoms with van der Waals surface area (Å²) in [5.41, 5.74) is 7.12. The van der Waals surface area contributed by atoms with Gasteiger partial charge in [-0.1, -0.05) is 77.4 Å². The van der Waals surface area contributed by atoms with Gasteiger partial charge in [0.15, 0.2) is 0 Å². The normalized spacial score (nSPS) is 21.2. The molecule has 4 fully saturated rings. The van der Waals surface area contributed by atoms with Crippen LogP contribution in [0, 0.1) is 20.8 Å². The number of aryl methyl sites for hydroxylation is 3. The molecule has 2 heterocycles. The average molecular weight is 996 g/mol. The van der Waals surface area contributed by atoms with Crippen molar-refractivity contribution in [2.75, 3.05) is 55.5 Å². The largest absolute Gasteiger partial charge is 0.349 e. The van der Waals surface area contributed by atoms with Gasteiger partial charge in [0.2, 0.25) is 31.9 Å². The van der Waals surface area contributed by atoms with Gasteiger partial charge in [0.05, 0.1) is 43.4 Å². The summed E-state index contributed by atoms with van der Waals surface area (Å²) >= 11 is 0. The standard InChI is InChI=1S/C27H36N4O6S2.C26H33N3O2/c1-19-5-4-6-22(15-19)27(33)28-16-26(32)29-23-17-30(18-23)24-11-7-20(8-12-24)21-9-13-25(14-10-21)31(38(2,34)35)39(3,36)37;1-18-6-8-20(9-7-18)21-10-12-24(13-11-21)29-16-23(17-29)28-25(30)15-27-26(31)22-5-3-4-19(2)14-22/h4-6,9-10,13-15,20,23-24H,7-8,11-12,16-18H2,1-3H3,(H,28,33)(H,29,32);3-9,14,21,23-24H,10-13,15-17H2,1-2H3,(H,27,31)(H,28,30). The molecule has 2 saturated carbocycles. The van der Waals surface area contributed by atoms with Gasteiger partial charge in [-0.2, -0.15) is 3.71 Å². The summed E-state index contributed by atoms with van der Waals surface area (Å²) in [7, 11) is -7.93. The Labute approximate surface area is 414 Å². The van der Waals surface area contributed by atoms with Crippen molar-refractivity contribution in [2.45, 2.75) is 108 Å². The highest BCUT2D eigenvalue weighted by molar-refractivity contribution is 8.09. The molecule has 4 aliphatic rings. The Morgan fingerprint density at radius 1 is 0.514 bits per heavy atom. The van der Waals surface area contributed by atoms with Crippen LogP contribution >= 0.6 is 0 Å². The molecule has 17 heteroatoms. The molecule has 4 aromatic rings. The van der Waals surface area contributed by atoms with E-state index in [1.165, 1.54) is 36.8 Å². The Bertz CT molecular complexity index is 2660. The van der Waals surface area contributed by atoms with E-state index in [1.807, 2.05) is 56.3 Å². The molecule has 0 unspecified atom stereocenters. The molecule has 0 bridgehead atoms. The average Bonchev–Trinajstić information content (AvgIpc) is 3.29. The minimum atomic E-state index is -3.96. The lowest BCUT2D eigenvalue weighted by Gasteiger charge is -2.46. The lowest BCUT2D eigenvalue weighted by molar-refractivity contribution is -0.123. The van der Waals surface area contributed by atoms with Crippen LogP contribution < -0.4 is 25.0 Å². The predicted molar refractivity (Wildman–Crippen MR) is 274 cm³/mol. The van der Waals surface area contributed by atoms with Crippen molar-refractivity contribution in [2.24, 2.45) is 0 Å². The van der Waals surface area contributed by atoms with Crippen molar-refractivity contribution in [3.05, 3.63) is 136 Å². The summed E-state index contributed by atoms with van der Waals surface area (Å²) in [5, 5.41) is 11.4. The number of anilines is 1. The Kier molecular flexibility index (Phi) is 17.2. The highest BCUT2D eigenvalue weighted by atomic mass is 32.3. The van der Waals surface area contributed by atoms with Crippen LogP contribution in [0.1, 0.15) is 112 Å². The smallest absolute Gasteiger partial charge is 0.251 e. The summed E-state index contributed by atoms with van der Waals surface area (Å²) in [6, 6.07) is 31.7. The van der Waals surface area contributed by atoms with Gasteiger partial charge in [-0.3, -0.25) is 29.0 Å². The van der Waals surface area contributed by atoms with Crippen molar-refractivity contribution in [3.63, 3.8) is 0 Å². The topological polar surface area (TPSA) is 194 Å². The van der Waals surface area contributed by atoms with E-state index in [1.54, 1.807) is 30.3 Å². The number of hydrogen-bond donors (Lipinski definition) is 4. The van der Waals surface area contributed by atoms with Crippen molar-refractivity contribution >= 4 is 49.4 Å². The first-order valence-corrected chi connectivity index (χ1v) is 28.1. The monoisotopic (exact) mass is 995 g/mol. The molecular weight excluding hydrogens is 927 g/mol. The molecule has 4 aromatic carbocycles. The molecule has 0 aromatic heterocycles. The van der Waals surface area contributed by atoms with Gasteiger partial charge in [-0.05, 0) is 131 Å². The number of sulfonamides is 2. The summed E-state index contributed by atoms with van der Waals surface area (Å²) in [4.78, 5) is 53.8. The molecule has 2 aliphatic carbocycles. The van der Waals surface area contributed by atoms with Crippen LogP contribution in [0.15, 0.2) is 97.1 Å². The molecule has 4 amide bonds. The lowest BCUT2D eigenvalue weighted by atomic mass is 9.80. The maximum absolute atomic E-state index is 12.3. The van der Waals surface area contributed by atoms with E-state index in [0.29, 0.717) is 38.8 Å². The van der Waals surface area contributed by atoms with E-state index < -0.39 is 20.0 Å². The van der Waals surface area contributed by atoms with Crippen LogP contribution in [0.2, 0.25) is 0 Å². The fourth-order valence-corrected chi connectivity index (χ4v) is 13.3. The van der Waals surface area contributed by atoms with Crippen molar-refractivity contribution in [1.82, 2.24) is 31.1 Å². The van der Waals surface area contributed by atoms with Gasteiger partial charge >= 0.3 is 0 Å². The van der Waals surface area contributed by atoms with E-state index in [4.69, 9.17) is 0 Å². The van der Waals surface area contributed by atoms with Gasteiger partial charge in [-0.15, -0.1) is 0 Å². The number of amides is 4.